The number of pyridine rings is 1. The Balaban J connectivity index is 2.09. The van der Waals surface area contributed by atoms with Crippen LogP contribution in [0.1, 0.15) is 17.4 Å². The molecule has 6 heteroatoms. The molecule has 0 amide bonds. The van der Waals surface area contributed by atoms with Crippen molar-refractivity contribution in [1.82, 2.24) is 9.88 Å². The van der Waals surface area contributed by atoms with E-state index in [4.69, 9.17) is 21.3 Å². The number of likely N-dealkylation sites (N-methyl/N-ethyl adjacent to an activating group) is 1. The Morgan fingerprint density at radius 1 is 1.55 bits per heavy atom. The van der Waals surface area contributed by atoms with Crippen molar-refractivity contribution in [1.29, 1.82) is 5.26 Å². The zero-order chi connectivity index (χ0) is 14.5. The zero-order valence-corrected chi connectivity index (χ0v) is 12.1. The van der Waals surface area contributed by atoms with E-state index in [0.29, 0.717) is 22.9 Å². The highest BCUT2D eigenvalue weighted by atomic mass is 35.5. The molecule has 104 valence electrons. The first-order valence-electron chi connectivity index (χ1n) is 6.11. The highest BCUT2D eigenvalue weighted by Crippen LogP contribution is 2.23. The maximum Gasteiger partial charge on any atom is 0.144 e. The van der Waals surface area contributed by atoms with Gasteiger partial charge in [-0.05, 0) is 32.3 Å². The van der Waals surface area contributed by atoms with E-state index in [1.165, 1.54) is 6.20 Å². The van der Waals surface area contributed by atoms with Gasteiger partial charge in [0.15, 0.2) is 0 Å². The van der Waals surface area contributed by atoms with Crippen LogP contribution in [-0.2, 0) is 0 Å². The first kappa shape index (κ1) is 14.4. The van der Waals surface area contributed by atoms with Gasteiger partial charge in [0.25, 0.3) is 0 Å². The lowest BCUT2D eigenvalue weighted by atomic mass is 10.2. The number of nitriles is 1. The molecule has 2 heterocycles. The molecule has 2 aromatic heterocycles. The normalized spacial score (nSPS) is 12.2. The minimum absolute atomic E-state index is 0.0681. The molecule has 0 aromatic carbocycles. The molecule has 0 unspecified atom stereocenters. The van der Waals surface area contributed by atoms with Gasteiger partial charge in [0.2, 0.25) is 0 Å². The molecule has 0 bridgehead atoms. The van der Waals surface area contributed by atoms with E-state index in [1.807, 2.05) is 37.2 Å². The Morgan fingerprint density at radius 2 is 2.35 bits per heavy atom. The predicted molar refractivity (Wildman–Crippen MR) is 77.6 cm³/mol. The molecule has 5 nitrogen and oxygen atoms in total. The van der Waals surface area contributed by atoms with Gasteiger partial charge in [0.1, 0.15) is 17.6 Å². The van der Waals surface area contributed by atoms with Crippen LogP contribution in [0.25, 0.3) is 0 Å². The van der Waals surface area contributed by atoms with Crippen molar-refractivity contribution >= 4 is 17.4 Å². The number of halogens is 1. The maximum absolute atomic E-state index is 8.78. The van der Waals surface area contributed by atoms with Crippen molar-refractivity contribution in [2.24, 2.45) is 0 Å². The molecular formula is C14H15ClN4O. The molecule has 0 fully saturated rings. The molecule has 0 radical (unpaired) electrons. The molecule has 20 heavy (non-hydrogen) atoms. The van der Waals surface area contributed by atoms with E-state index in [2.05, 4.69) is 10.3 Å². The van der Waals surface area contributed by atoms with Crippen LogP contribution in [0.5, 0.6) is 0 Å². The highest BCUT2D eigenvalue weighted by molar-refractivity contribution is 6.33. The minimum atomic E-state index is 0.0681. The number of hydrogen-bond donors (Lipinski definition) is 1. The fraction of sp³-hybridized carbons (Fsp3) is 0.286. The second-order valence-electron chi connectivity index (χ2n) is 4.54. The van der Waals surface area contributed by atoms with E-state index < -0.39 is 0 Å². The van der Waals surface area contributed by atoms with Crippen LogP contribution in [0.3, 0.4) is 0 Å². The van der Waals surface area contributed by atoms with Gasteiger partial charge < -0.3 is 9.73 Å². The first-order chi connectivity index (χ1) is 9.61. The van der Waals surface area contributed by atoms with Crippen molar-refractivity contribution < 1.29 is 4.42 Å². The predicted octanol–water partition coefficient (Wildman–Crippen LogP) is 2.91. The molecule has 0 aliphatic rings. The topological polar surface area (TPSA) is 65.1 Å². The lowest BCUT2D eigenvalue weighted by molar-refractivity contribution is 0.269. The third kappa shape index (κ3) is 3.29. The summed E-state index contributed by atoms with van der Waals surface area (Å²) in [6, 6.07) is 7.45. The molecular weight excluding hydrogens is 276 g/mol. The lowest BCUT2D eigenvalue weighted by Gasteiger charge is -2.23. The number of rotatable bonds is 5. The van der Waals surface area contributed by atoms with Gasteiger partial charge in [0, 0.05) is 12.7 Å². The molecule has 0 spiro atoms. The van der Waals surface area contributed by atoms with Crippen molar-refractivity contribution in [3.8, 4) is 6.07 Å². The summed E-state index contributed by atoms with van der Waals surface area (Å²) in [7, 11) is 3.95. The standard InChI is InChI=1S/C14H15ClN4O/c1-19(2)12(13-4-3-5-20-13)9-18-14-11(15)6-10(7-16)8-17-14/h3-6,8,12H,9H2,1-2H3,(H,17,18)/t12-/m1/s1. The Morgan fingerprint density at radius 3 is 2.90 bits per heavy atom. The summed E-state index contributed by atoms with van der Waals surface area (Å²) in [6.07, 6.45) is 3.14. The summed E-state index contributed by atoms with van der Waals surface area (Å²) in [5.74, 6) is 1.43. The SMILES string of the molecule is CN(C)[C@H](CNc1ncc(C#N)cc1Cl)c1ccco1. The second-order valence-corrected chi connectivity index (χ2v) is 4.95. The van der Waals surface area contributed by atoms with Gasteiger partial charge in [-0.2, -0.15) is 5.26 Å². The van der Waals surface area contributed by atoms with Crippen molar-refractivity contribution in [2.75, 3.05) is 26.0 Å². The summed E-state index contributed by atoms with van der Waals surface area (Å²) in [5.41, 5.74) is 0.441. The zero-order valence-electron chi connectivity index (χ0n) is 11.3. The molecule has 0 aliphatic carbocycles. The first-order valence-corrected chi connectivity index (χ1v) is 6.49. The summed E-state index contributed by atoms with van der Waals surface area (Å²) < 4.78 is 5.43. The Hall–Kier alpha value is -2.03. The second kappa shape index (κ2) is 6.42. The van der Waals surface area contributed by atoms with E-state index in [9.17, 15) is 0 Å². The number of anilines is 1. The highest BCUT2D eigenvalue weighted by Gasteiger charge is 2.17. The molecule has 1 atom stereocenters. The number of hydrogen-bond acceptors (Lipinski definition) is 5. The van der Waals surface area contributed by atoms with Gasteiger partial charge in [0.05, 0.1) is 22.9 Å². The quantitative estimate of drug-likeness (QED) is 0.917. The number of nitrogens with zero attached hydrogens (tertiary/aromatic N) is 3. The third-order valence-electron chi connectivity index (χ3n) is 2.93. The van der Waals surface area contributed by atoms with Crippen LogP contribution < -0.4 is 5.32 Å². The molecule has 2 rings (SSSR count). The van der Waals surface area contributed by atoms with Gasteiger partial charge >= 0.3 is 0 Å². The Bertz CT molecular complexity index is 604. The average molecular weight is 291 g/mol. The number of furan rings is 1. The van der Waals surface area contributed by atoms with Gasteiger partial charge in [-0.1, -0.05) is 11.6 Å². The molecule has 0 aliphatic heterocycles. The molecule has 1 N–H and O–H groups in total. The number of nitrogens with one attached hydrogen (secondary N) is 1. The fourth-order valence-electron chi connectivity index (χ4n) is 1.84. The van der Waals surface area contributed by atoms with E-state index in [0.717, 1.165) is 5.76 Å². The summed E-state index contributed by atoms with van der Waals surface area (Å²) in [6.45, 7) is 0.596. The lowest BCUT2D eigenvalue weighted by Crippen LogP contribution is -2.26. The van der Waals surface area contributed by atoms with Crippen LogP contribution >= 0.6 is 11.6 Å². The fourth-order valence-corrected chi connectivity index (χ4v) is 2.07. The van der Waals surface area contributed by atoms with Crippen molar-refractivity contribution in [2.45, 2.75) is 6.04 Å². The van der Waals surface area contributed by atoms with Gasteiger partial charge in [-0.15, -0.1) is 0 Å². The molecule has 0 saturated carbocycles. The van der Waals surface area contributed by atoms with Crippen molar-refractivity contribution in [3.05, 3.63) is 47.0 Å². The monoisotopic (exact) mass is 290 g/mol. The van der Waals surface area contributed by atoms with E-state index in [-0.39, 0.29) is 6.04 Å². The Labute approximate surface area is 122 Å². The largest absolute Gasteiger partial charge is 0.468 e. The van der Waals surface area contributed by atoms with E-state index in [1.54, 1.807) is 12.3 Å². The molecule has 2 aromatic rings. The summed E-state index contributed by atoms with van der Waals surface area (Å²) >= 11 is 6.08. The average Bonchev–Trinajstić information content (AvgIpc) is 2.94. The van der Waals surface area contributed by atoms with Crippen LogP contribution in [-0.4, -0.2) is 30.5 Å². The Kier molecular flexibility index (Phi) is 4.61. The van der Waals surface area contributed by atoms with Crippen LogP contribution in [0, 0.1) is 11.3 Å². The van der Waals surface area contributed by atoms with Crippen LogP contribution in [0.2, 0.25) is 5.02 Å². The summed E-state index contributed by atoms with van der Waals surface area (Å²) in [5, 5.41) is 12.4. The van der Waals surface area contributed by atoms with Crippen LogP contribution in [0.15, 0.2) is 35.1 Å². The van der Waals surface area contributed by atoms with Crippen molar-refractivity contribution in [3.63, 3.8) is 0 Å². The van der Waals surface area contributed by atoms with E-state index >= 15 is 0 Å². The third-order valence-corrected chi connectivity index (χ3v) is 3.22. The summed E-state index contributed by atoms with van der Waals surface area (Å²) in [4.78, 5) is 6.19. The van der Waals surface area contributed by atoms with Crippen LogP contribution in [0.4, 0.5) is 5.82 Å². The maximum atomic E-state index is 8.78. The smallest absolute Gasteiger partial charge is 0.144 e. The number of aromatic nitrogens is 1. The van der Waals surface area contributed by atoms with Gasteiger partial charge in [-0.3, -0.25) is 4.90 Å². The molecule has 0 saturated heterocycles. The minimum Gasteiger partial charge on any atom is -0.468 e. The van der Waals surface area contributed by atoms with Gasteiger partial charge in [-0.25, -0.2) is 4.98 Å².